The van der Waals surface area contributed by atoms with Gasteiger partial charge in [-0.3, -0.25) is 9.69 Å². The van der Waals surface area contributed by atoms with E-state index < -0.39 is 11.0 Å². The standard InChI is InChI=1S/C27H34N4O.2ClH/c28-22-26(23-10-4-1-5-11-23,24-12-6-2-7-13-24)14-19-30-20-15-27(16-21-30,25(29)32)31-17-8-3-9-18-31;;/h1-2,4-7,10-13H,3,8-9,14-21H2,(H2,29,32);2*1H. The molecule has 7 heteroatoms. The third-order valence-corrected chi connectivity index (χ3v) is 7.63. The van der Waals surface area contributed by atoms with Crippen molar-refractivity contribution in [3.8, 4) is 6.07 Å². The lowest BCUT2D eigenvalue weighted by Crippen LogP contribution is -2.63. The Balaban J connectivity index is 0.00000204. The molecule has 2 aliphatic heterocycles. The van der Waals surface area contributed by atoms with E-state index in [1.165, 1.54) is 6.42 Å². The van der Waals surface area contributed by atoms with E-state index in [0.29, 0.717) is 6.42 Å². The molecule has 0 aliphatic carbocycles. The van der Waals surface area contributed by atoms with Gasteiger partial charge in [0.25, 0.3) is 0 Å². The number of amides is 1. The summed E-state index contributed by atoms with van der Waals surface area (Å²) < 4.78 is 0. The van der Waals surface area contributed by atoms with Crippen LogP contribution < -0.4 is 5.73 Å². The minimum absolute atomic E-state index is 0. The van der Waals surface area contributed by atoms with Gasteiger partial charge in [-0.25, -0.2) is 0 Å². The molecule has 34 heavy (non-hydrogen) atoms. The number of nitriles is 1. The molecule has 0 spiro atoms. The first-order valence-electron chi connectivity index (χ1n) is 11.9. The number of nitrogens with zero attached hydrogens (tertiary/aromatic N) is 3. The number of hydrogen-bond donors (Lipinski definition) is 1. The number of primary amides is 1. The van der Waals surface area contributed by atoms with Gasteiger partial charge in [0.1, 0.15) is 11.0 Å². The van der Waals surface area contributed by atoms with E-state index >= 15 is 0 Å². The van der Waals surface area contributed by atoms with Crippen LogP contribution in [0.5, 0.6) is 0 Å². The van der Waals surface area contributed by atoms with Gasteiger partial charge >= 0.3 is 0 Å². The Kier molecular flexibility index (Phi) is 10.4. The van der Waals surface area contributed by atoms with Crippen LogP contribution in [0.1, 0.15) is 49.7 Å². The molecule has 2 N–H and O–H groups in total. The molecule has 0 radical (unpaired) electrons. The molecule has 184 valence electrons. The second-order valence-corrected chi connectivity index (χ2v) is 9.28. The minimum Gasteiger partial charge on any atom is -0.368 e. The Morgan fingerprint density at radius 2 is 1.38 bits per heavy atom. The van der Waals surface area contributed by atoms with Crippen molar-refractivity contribution in [2.45, 2.75) is 49.5 Å². The summed E-state index contributed by atoms with van der Waals surface area (Å²) in [4.78, 5) is 17.3. The fourth-order valence-corrected chi connectivity index (χ4v) is 5.60. The average Bonchev–Trinajstić information content (AvgIpc) is 2.87. The van der Waals surface area contributed by atoms with Crippen molar-refractivity contribution in [3.63, 3.8) is 0 Å². The number of carbonyl (C=O) groups excluding carboxylic acids is 1. The highest BCUT2D eigenvalue weighted by atomic mass is 35.5. The summed E-state index contributed by atoms with van der Waals surface area (Å²) >= 11 is 0. The molecule has 4 rings (SSSR count). The lowest BCUT2D eigenvalue weighted by atomic mass is 9.73. The van der Waals surface area contributed by atoms with Crippen molar-refractivity contribution in [3.05, 3.63) is 71.8 Å². The second kappa shape index (κ2) is 12.6. The van der Waals surface area contributed by atoms with Crippen molar-refractivity contribution in [1.82, 2.24) is 9.80 Å². The van der Waals surface area contributed by atoms with E-state index in [9.17, 15) is 10.1 Å². The molecule has 5 nitrogen and oxygen atoms in total. The molecule has 2 fully saturated rings. The number of benzene rings is 2. The van der Waals surface area contributed by atoms with Crippen LogP contribution in [-0.4, -0.2) is 54.0 Å². The SMILES string of the molecule is Cl.Cl.N#CC(CCN1CCC(C(N)=O)(N2CCCCC2)CC1)(c1ccccc1)c1ccccc1. The average molecular weight is 504 g/mol. The van der Waals surface area contributed by atoms with Crippen LogP contribution in [0.3, 0.4) is 0 Å². The summed E-state index contributed by atoms with van der Waals surface area (Å²) in [6.45, 7) is 4.44. The summed E-state index contributed by atoms with van der Waals surface area (Å²) in [5, 5.41) is 10.4. The zero-order valence-electron chi connectivity index (χ0n) is 19.7. The van der Waals surface area contributed by atoms with Gasteiger partial charge < -0.3 is 10.6 Å². The summed E-state index contributed by atoms with van der Waals surface area (Å²) in [5.74, 6) is -0.168. The van der Waals surface area contributed by atoms with Crippen LogP contribution in [0.4, 0.5) is 0 Å². The molecule has 0 aromatic heterocycles. The van der Waals surface area contributed by atoms with Crippen molar-refractivity contribution in [1.29, 1.82) is 5.26 Å². The Morgan fingerprint density at radius 1 is 0.882 bits per heavy atom. The van der Waals surface area contributed by atoms with E-state index in [1.54, 1.807) is 0 Å². The smallest absolute Gasteiger partial charge is 0.238 e. The Hall–Kier alpha value is -2.10. The lowest BCUT2D eigenvalue weighted by molar-refractivity contribution is -0.135. The summed E-state index contributed by atoms with van der Waals surface area (Å²) in [5.41, 5.74) is 6.83. The quantitative estimate of drug-likeness (QED) is 0.603. The molecule has 0 unspecified atom stereocenters. The van der Waals surface area contributed by atoms with Crippen LogP contribution in [-0.2, 0) is 10.2 Å². The number of halogens is 2. The third-order valence-electron chi connectivity index (χ3n) is 7.63. The molecule has 1 amide bonds. The lowest BCUT2D eigenvalue weighted by Gasteiger charge is -2.48. The first kappa shape index (κ1) is 28.1. The van der Waals surface area contributed by atoms with Gasteiger partial charge in [0.2, 0.25) is 5.91 Å². The number of hydrogen-bond acceptors (Lipinski definition) is 4. The highest BCUT2D eigenvalue weighted by Gasteiger charge is 2.45. The van der Waals surface area contributed by atoms with E-state index in [1.807, 2.05) is 36.4 Å². The fourth-order valence-electron chi connectivity index (χ4n) is 5.60. The maximum absolute atomic E-state index is 12.5. The van der Waals surface area contributed by atoms with Gasteiger partial charge in [-0.2, -0.15) is 5.26 Å². The normalized spacial score (nSPS) is 18.7. The van der Waals surface area contributed by atoms with Crippen LogP contribution in [0.2, 0.25) is 0 Å². The predicted molar refractivity (Wildman–Crippen MR) is 141 cm³/mol. The summed E-state index contributed by atoms with van der Waals surface area (Å²) in [6.07, 6.45) is 5.81. The van der Waals surface area contributed by atoms with Crippen molar-refractivity contribution < 1.29 is 4.79 Å². The molecule has 2 aliphatic rings. The van der Waals surface area contributed by atoms with Crippen LogP contribution in [0.15, 0.2) is 60.7 Å². The maximum atomic E-state index is 12.5. The summed E-state index contributed by atoms with van der Waals surface area (Å²) in [6, 6.07) is 22.9. The van der Waals surface area contributed by atoms with E-state index in [2.05, 4.69) is 40.1 Å². The zero-order chi connectivity index (χ0) is 22.4. The highest BCUT2D eigenvalue weighted by molar-refractivity contribution is 5.86. The third kappa shape index (κ3) is 5.58. The van der Waals surface area contributed by atoms with Crippen LogP contribution in [0.25, 0.3) is 0 Å². The Morgan fingerprint density at radius 3 is 1.82 bits per heavy atom. The summed E-state index contributed by atoms with van der Waals surface area (Å²) in [7, 11) is 0. The molecule has 2 aromatic carbocycles. The van der Waals surface area contributed by atoms with Crippen molar-refractivity contribution in [2.24, 2.45) is 5.73 Å². The maximum Gasteiger partial charge on any atom is 0.238 e. The van der Waals surface area contributed by atoms with E-state index in [4.69, 9.17) is 5.73 Å². The molecule has 0 atom stereocenters. The van der Waals surface area contributed by atoms with Crippen molar-refractivity contribution in [2.75, 3.05) is 32.7 Å². The molecule has 0 bridgehead atoms. The van der Waals surface area contributed by atoms with Gasteiger partial charge in [-0.1, -0.05) is 67.1 Å². The number of nitrogens with two attached hydrogens (primary N) is 1. The minimum atomic E-state index is -0.687. The van der Waals surface area contributed by atoms with E-state index in [0.717, 1.165) is 69.5 Å². The molecular formula is C27H36Cl2N4O. The zero-order valence-corrected chi connectivity index (χ0v) is 21.3. The van der Waals surface area contributed by atoms with Crippen molar-refractivity contribution >= 4 is 30.7 Å². The number of likely N-dealkylation sites (tertiary alicyclic amines) is 2. The second-order valence-electron chi connectivity index (χ2n) is 9.28. The predicted octanol–water partition coefficient (Wildman–Crippen LogP) is 4.54. The molecule has 0 saturated carbocycles. The largest absolute Gasteiger partial charge is 0.368 e. The Labute approximate surface area is 216 Å². The number of rotatable bonds is 7. The molecular weight excluding hydrogens is 467 g/mol. The van der Waals surface area contributed by atoms with E-state index in [-0.39, 0.29) is 30.7 Å². The van der Waals surface area contributed by atoms with Gasteiger partial charge in [0.15, 0.2) is 0 Å². The topological polar surface area (TPSA) is 73.4 Å². The van der Waals surface area contributed by atoms with Gasteiger partial charge in [0.05, 0.1) is 6.07 Å². The fraction of sp³-hybridized carbons (Fsp3) is 0.481. The van der Waals surface area contributed by atoms with Crippen LogP contribution in [0, 0.1) is 11.3 Å². The van der Waals surface area contributed by atoms with Gasteiger partial charge in [-0.15, -0.1) is 24.8 Å². The Bertz CT molecular complexity index is 895. The monoisotopic (exact) mass is 502 g/mol. The molecule has 2 heterocycles. The number of piperidine rings is 2. The van der Waals surface area contributed by atoms with Gasteiger partial charge in [-0.05, 0) is 56.3 Å². The van der Waals surface area contributed by atoms with Crippen LogP contribution >= 0.6 is 24.8 Å². The molecule has 2 aromatic rings. The van der Waals surface area contributed by atoms with Gasteiger partial charge in [0, 0.05) is 19.6 Å². The number of carbonyl (C=O) groups is 1. The highest BCUT2D eigenvalue weighted by Crippen LogP contribution is 2.37. The first-order chi connectivity index (χ1) is 15.6. The molecule has 2 saturated heterocycles. The first-order valence-corrected chi connectivity index (χ1v) is 11.9.